The molecule has 0 radical (unpaired) electrons. The van der Waals surface area contributed by atoms with Gasteiger partial charge in [0.15, 0.2) is 0 Å². The van der Waals surface area contributed by atoms with Crippen LogP contribution in [-0.2, 0) is 9.47 Å². The Morgan fingerprint density at radius 2 is 1.92 bits per heavy atom. The van der Waals surface area contributed by atoms with Crippen molar-refractivity contribution in [2.45, 2.75) is 12.3 Å². The van der Waals surface area contributed by atoms with Gasteiger partial charge in [-0.3, -0.25) is 0 Å². The lowest BCUT2D eigenvalue weighted by atomic mass is 10.2. The van der Waals surface area contributed by atoms with Gasteiger partial charge in [0.2, 0.25) is 0 Å². The van der Waals surface area contributed by atoms with Crippen LogP contribution in [-0.4, -0.2) is 45.2 Å². The number of hydrogen-bond donors (Lipinski definition) is 1. The minimum absolute atomic E-state index is 0.00396. The minimum Gasteiger partial charge on any atom is -0.373 e. The van der Waals surface area contributed by atoms with Gasteiger partial charge in [-0.05, 0) is 0 Å². The summed E-state index contributed by atoms with van der Waals surface area (Å²) in [4.78, 5) is 0. The third kappa shape index (κ3) is 5.07. The van der Waals surface area contributed by atoms with E-state index < -0.39 is 12.8 Å². The van der Waals surface area contributed by atoms with E-state index in [2.05, 4.69) is 10.1 Å². The first-order valence-corrected chi connectivity index (χ1v) is 4.05. The minimum atomic E-state index is -4.24. The fourth-order valence-electron chi connectivity index (χ4n) is 0.842. The van der Waals surface area contributed by atoms with Crippen molar-refractivity contribution < 1.29 is 22.6 Å². The normalized spacial score (nSPS) is 18.7. The molecule has 0 aromatic rings. The average molecular weight is 199 g/mol. The molecule has 0 amide bonds. The zero-order valence-electron chi connectivity index (χ0n) is 7.06. The summed E-state index contributed by atoms with van der Waals surface area (Å²) in [5.41, 5.74) is 0. The number of halogens is 3. The maximum Gasteiger partial charge on any atom is 0.411 e. The molecule has 3 nitrogen and oxygen atoms in total. The Bertz CT molecular complexity index is 147. The van der Waals surface area contributed by atoms with Crippen LogP contribution < -0.4 is 5.32 Å². The van der Waals surface area contributed by atoms with Crippen LogP contribution in [0.15, 0.2) is 0 Å². The third-order valence-electron chi connectivity index (χ3n) is 1.59. The summed E-state index contributed by atoms with van der Waals surface area (Å²) in [6, 6.07) is 0. The highest BCUT2D eigenvalue weighted by atomic mass is 19.4. The number of ether oxygens (including phenoxy) is 2. The van der Waals surface area contributed by atoms with Gasteiger partial charge in [0.25, 0.3) is 0 Å². The smallest absolute Gasteiger partial charge is 0.373 e. The molecule has 1 rings (SSSR count). The Hall–Kier alpha value is -0.330. The quantitative estimate of drug-likeness (QED) is 0.656. The number of hydrogen-bond acceptors (Lipinski definition) is 3. The van der Waals surface area contributed by atoms with Crippen molar-refractivity contribution in [1.82, 2.24) is 5.32 Å². The molecular formula is C7H12F3NO2. The lowest BCUT2D eigenvalue weighted by molar-refractivity contribution is -0.177. The first-order valence-electron chi connectivity index (χ1n) is 4.05. The highest BCUT2D eigenvalue weighted by molar-refractivity contribution is 4.74. The monoisotopic (exact) mass is 199 g/mol. The van der Waals surface area contributed by atoms with E-state index in [1.165, 1.54) is 0 Å². The van der Waals surface area contributed by atoms with E-state index in [0.717, 1.165) is 13.1 Å². The SMILES string of the molecule is FC(F)(F)COCCOC1CNC1. The zero-order valence-corrected chi connectivity index (χ0v) is 7.06. The zero-order chi connectivity index (χ0) is 9.73. The van der Waals surface area contributed by atoms with Gasteiger partial charge in [0, 0.05) is 13.1 Å². The lowest BCUT2D eigenvalue weighted by Gasteiger charge is -2.26. The molecule has 0 atom stereocenters. The summed E-state index contributed by atoms with van der Waals surface area (Å²) < 4.78 is 44.1. The van der Waals surface area contributed by atoms with Gasteiger partial charge in [-0.1, -0.05) is 0 Å². The van der Waals surface area contributed by atoms with Crippen LogP contribution in [0.25, 0.3) is 0 Å². The van der Waals surface area contributed by atoms with Gasteiger partial charge in [-0.2, -0.15) is 13.2 Å². The molecule has 0 aromatic carbocycles. The second-order valence-electron chi connectivity index (χ2n) is 2.82. The van der Waals surface area contributed by atoms with Crippen molar-refractivity contribution in [3.8, 4) is 0 Å². The van der Waals surface area contributed by atoms with Crippen molar-refractivity contribution >= 4 is 0 Å². The molecule has 0 saturated carbocycles. The van der Waals surface area contributed by atoms with Crippen LogP contribution in [0, 0.1) is 0 Å². The van der Waals surface area contributed by atoms with Crippen LogP contribution in [0.3, 0.4) is 0 Å². The third-order valence-corrected chi connectivity index (χ3v) is 1.59. The van der Waals surface area contributed by atoms with E-state index in [-0.39, 0.29) is 19.3 Å². The van der Waals surface area contributed by atoms with Gasteiger partial charge in [0.1, 0.15) is 6.61 Å². The molecule has 6 heteroatoms. The Labute approximate surface area is 74.2 Å². The molecule has 13 heavy (non-hydrogen) atoms. The standard InChI is InChI=1S/C7H12F3NO2/c8-7(9,10)5-12-1-2-13-6-3-11-4-6/h6,11H,1-5H2. The fourth-order valence-corrected chi connectivity index (χ4v) is 0.842. The van der Waals surface area contributed by atoms with E-state index in [1.807, 2.05) is 0 Å². The summed E-state index contributed by atoms with van der Waals surface area (Å²) in [5, 5.41) is 2.98. The molecule has 0 aliphatic carbocycles. The Morgan fingerprint density at radius 3 is 2.38 bits per heavy atom. The number of rotatable bonds is 5. The summed E-state index contributed by atoms with van der Waals surface area (Å²) in [5.74, 6) is 0. The van der Waals surface area contributed by atoms with Gasteiger partial charge in [-0.25, -0.2) is 0 Å². The van der Waals surface area contributed by atoms with Crippen LogP contribution in [0.5, 0.6) is 0 Å². The Balaban J connectivity index is 1.83. The molecule has 1 saturated heterocycles. The van der Waals surface area contributed by atoms with E-state index in [9.17, 15) is 13.2 Å². The molecule has 1 heterocycles. The van der Waals surface area contributed by atoms with E-state index in [1.54, 1.807) is 0 Å². The van der Waals surface area contributed by atoms with Crippen LogP contribution in [0.4, 0.5) is 13.2 Å². The highest BCUT2D eigenvalue weighted by Gasteiger charge is 2.27. The second kappa shape index (κ2) is 4.78. The van der Waals surface area contributed by atoms with Crippen LogP contribution in [0.1, 0.15) is 0 Å². The Morgan fingerprint density at radius 1 is 1.23 bits per heavy atom. The van der Waals surface area contributed by atoms with Crippen molar-refractivity contribution in [2.75, 3.05) is 32.9 Å². The molecule has 1 aliphatic heterocycles. The second-order valence-corrected chi connectivity index (χ2v) is 2.82. The molecule has 78 valence electrons. The van der Waals surface area contributed by atoms with Gasteiger partial charge >= 0.3 is 6.18 Å². The van der Waals surface area contributed by atoms with E-state index >= 15 is 0 Å². The number of alkyl halides is 3. The highest BCUT2D eigenvalue weighted by Crippen LogP contribution is 2.14. The predicted octanol–water partition coefficient (Wildman–Crippen LogP) is 0.554. The largest absolute Gasteiger partial charge is 0.411 e. The first-order chi connectivity index (χ1) is 6.08. The van der Waals surface area contributed by atoms with Gasteiger partial charge in [0.05, 0.1) is 19.3 Å². The molecule has 0 aromatic heterocycles. The summed E-state index contributed by atoms with van der Waals surface area (Å²) in [6.07, 6.45) is -4.09. The maximum absolute atomic E-state index is 11.5. The summed E-state index contributed by atoms with van der Waals surface area (Å²) >= 11 is 0. The predicted molar refractivity (Wildman–Crippen MR) is 39.5 cm³/mol. The van der Waals surface area contributed by atoms with E-state index in [0.29, 0.717) is 0 Å². The van der Waals surface area contributed by atoms with Crippen molar-refractivity contribution in [2.24, 2.45) is 0 Å². The molecule has 0 unspecified atom stereocenters. The molecule has 0 bridgehead atoms. The summed E-state index contributed by atoms with van der Waals surface area (Å²) in [7, 11) is 0. The van der Waals surface area contributed by atoms with E-state index in [4.69, 9.17) is 4.74 Å². The molecule has 0 spiro atoms. The van der Waals surface area contributed by atoms with Crippen LogP contribution in [0.2, 0.25) is 0 Å². The van der Waals surface area contributed by atoms with Gasteiger partial charge < -0.3 is 14.8 Å². The Kier molecular flexibility index (Phi) is 3.95. The van der Waals surface area contributed by atoms with Crippen molar-refractivity contribution in [3.63, 3.8) is 0 Å². The fraction of sp³-hybridized carbons (Fsp3) is 1.00. The molecule has 1 fully saturated rings. The summed E-state index contributed by atoms with van der Waals surface area (Å²) in [6.45, 7) is 0.580. The lowest BCUT2D eigenvalue weighted by Crippen LogP contribution is -2.48. The first kappa shape index (κ1) is 10.7. The molecular weight excluding hydrogens is 187 g/mol. The van der Waals surface area contributed by atoms with Gasteiger partial charge in [-0.15, -0.1) is 0 Å². The maximum atomic E-state index is 11.5. The molecule has 1 aliphatic rings. The molecule has 1 N–H and O–H groups in total. The van der Waals surface area contributed by atoms with Crippen LogP contribution >= 0.6 is 0 Å². The van der Waals surface area contributed by atoms with Crippen molar-refractivity contribution in [3.05, 3.63) is 0 Å². The number of nitrogens with one attached hydrogen (secondary N) is 1. The van der Waals surface area contributed by atoms with Crippen molar-refractivity contribution in [1.29, 1.82) is 0 Å². The topological polar surface area (TPSA) is 30.5 Å². The average Bonchev–Trinajstić information content (AvgIpc) is 1.90.